The van der Waals surface area contributed by atoms with Crippen LogP contribution < -0.4 is 0 Å². The van der Waals surface area contributed by atoms with E-state index in [1.165, 1.54) is 22.3 Å². The summed E-state index contributed by atoms with van der Waals surface area (Å²) in [4.78, 5) is 4.47. The van der Waals surface area contributed by atoms with E-state index < -0.39 is 0 Å². The van der Waals surface area contributed by atoms with Crippen molar-refractivity contribution in [2.45, 2.75) is 20.3 Å². The Kier molecular flexibility index (Phi) is 2.75. The Morgan fingerprint density at radius 1 is 1.06 bits per heavy atom. The second-order valence-electron chi connectivity index (χ2n) is 5.14. The van der Waals surface area contributed by atoms with Gasteiger partial charge in [-0.2, -0.15) is 0 Å². The van der Waals surface area contributed by atoms with E-state index in [1.54, 1.807) is 0 Å². The highest BCUT2D eigenvalue weighted by Gasteiger charge is 2.18. The molecule has 0 amide bonds. The molecule has 0 aliphatic heterocycles. The number of fused-ring (bicyclic) bond motifs is 1. The first kappa shape index (κ1) is 11.2. The van der Waals surface area contributed by atoms with Crippen molar-refractivity contribution in [3.63, 3.8) is 0 Å². The molecule has 0 bridgehead atoms. The van der Waals surface area contributed by atoms with Gasteiger partial charge in [-0.15, -0.1) is 0 Å². The molecule has 1 aliphatic rings. The molecule has 1 aliphatic carbocycles. The van der Waals surface area contributed by atoms with Crippen molar-refractivity contribution in [2.24, 2.45) is 5.92 Å². The summed E-state index contributed by atoms with van der Waals surface area (Å²) in [7, 11) is 0. The van der Waals surface area contributed by atoms with Gasteiger partial charge in [-0.1, -0.05) is 49.8 Å². The van der Waals surface area contributed by atoms with Crippen LogP contribution in [0.15, 0.2) is 48.2 Å². The van der Waals surface area contributed by atoms with Crippen LogP contribution in [0.3, 0.4) is 0 Å². The minimum Gasteiger partial charge on any atom is -0.256 e. The van der Waals surface area contributed by atoms with Gasteiger partial charge in [-0.3, -0.25) is 4.98 Å². The maximum atomic E-state index is 4.47. The third kappa shape index (κ3) is 1.86. The van der Waals surface area contributed by atoms with Gasteiger partial charge in [0, 0.05) is 11.8 Å². The van der Waals surface area contributed by atoms with E-state index in [0.29, 0.717) is 5.92 Å². The van der Waals surface area contributed by atoms with E-state index in [4.69, 9.17) is 0 Å². The van der Waals surface area contributed by atoms with Crippen LogP contribution in [0.25, 0.3) is 17.3 Å². The smallest absolute Gasteiger partial charge is 0.0708 e. The van der Waals surface area contributed by atoms with Crippen molar-refractivity contribution < 1.29 is 0 Å². The molecule has 0 radical (unpaired) electrons. The van der Waals surface area contributed by atoms with Crippen LogP contribution in [0.1, 0.15) is 25.0 Å². The Morgan fingerprint density at radius 3 is 2.67 bits per heavy atom. The summed E-state index contributed by atoms with van der Waals surface area (Å²) in [6, 6.07) is 12.6. The summed E-state index contributed by atoms with van der Waals surface area (Å²) in [5.74, 6) is 0.619. The van der Waals surface area contributed by atoms with Crippen molar-refractivity contribution in [1.82, 2.24) is 4.98 Å². The van der Waals surface area contributed by atoms with Gasteiger partial charge < -0.3 is 0 Å². The molecule has 0 spiro atoms. The highest BCUT2D eigenvalue weighted by atomic mass is 14.7. The predicted octanol–water partition coefficient (Wildman–Crippen LogP) is 4.34. The monoisotopic (exact) mass is 235 g/mol. The maximum Gasteiger partial charge on any atom is 0.0708 e. The second kappa shape index (κ2) is 4.41. The van der Waals surface area contributed by atoms with Crippen molar-refractivity contribution in [2.75, 3.05) is 0 Å². The zero-order chi connectivity index (χ0) is 12.5. The fourth-order valence-corrected chi connectivity index (χ4v) is 2.51. The molecule has 0 saturated carbocycles. The Balaban J connectivity index is 2.12. The van der Waals surface area contributed by atoms with Crippen molar-refractivity contribution in [1.29, 1.82) is 0 Å². The number of nitrogens with zero attached hydrogens (tertiary/aromatic N) is 1. The Hall–Kier alpha value is -1.89. The van der Waals surface area contributed by atoms with E-state index in [0.717, 1.165) is 12.1 Å². The second-order valence-corrected chi connectivity index (χ2v) is 5.14. The molecule has 1 nitrogen and oxygen atoms in total. The number of aromatic nitrogens is 1. The SMILES string of the molecule is CC(C)C1=Cc2c(cccc2-c2ccccn2)C1. The third-order valence-electron chi connectivity index (χ3n) is 3.60. The van der Waals surface area contributed by atoms with Gasteiger partial charge >= 0.3 is 0 Å². The Labute approximate surface area is 108 Å². The quantitative estimate of drug-likeness (QED) is 0.754. The van der Waals surface area contributed by atoms with Crippen LogP contribution in [-0.4, -0.2) is 4.98 Å². The molecule has 1 heterocycles. The lowest BCUT2D eigenvalue weighted by atomic mass is 10.00. The number of pyridine rings is 1. The number of allylic oxidation sites excluding steroid dienone is 1. The summed E-state index contributed by atoms with van der Waals surface area (Å²) in [5.41, 5.74) is 6.63. The van der Waals surface area contributed by atoms with E-state index in [9.17, 15) is 0 Å². The summed E-state index contributed by atoms with van der Waals surface area (Å²) in [5, 5.41) is 0. The molecular formula is C17H17N. The topological polar surface area (TPSA) is 12.9 Å². The molecule has 1 heteroatoms. The average Bonchev–Trinajstić information content (AvgIpc) is 2.83. The van der Waals surface area contributed by atoms with E-state index in [-0.39, 0.29) is 0 Å². The lowest BCUT2D eigenvalue weighted by Crippen LogP contribution is -1.93. The maximum absolute atomic E-state index is 4.47. The van der Waals surface area contributed by atoms with Crippen LogP contribution in [-0.2, 0) is 6.42 Å². The molecule has 0 unspecified atom stereocenters. The van der Waals surface area contributed by atoms with Crippen LogP contribution >= 0.6 is 0 Å². The minimum absolute atomic E-state index is 0.619. The fraction of sp³-hybridized carbons (Fsp3) is 0.235. The van der Waals surface area contributed by atoms with Crippen LogP contribution in [0.4, 0.5) is 0 Å². The molecule has 90 valence electrons. The first-order chi connectivity index (χ1) is 8.75. The van der Waals surface area contributed by atoms with Crippen LogP contribution in [0, 0.1) is 5.92 Å². The Bertz CT molecular complexity index is 594. The molecule has 18 heavy (non-hydrogen) atoms. The normalized spacial score (nSPS) is 13.6. The first-order valence-corrected chi connectivity index (χ1v) is 6.49. The zero-order valence-corrected chi connectivity index (χ0v) is 10.9. The highest BCUT2D eigenvalue weighted by Crippen LogP contribution is 2.35. The molecule has 1 aromatic carbocycles. The molecule has 1 aromatic heterocycles. The third-order valence-corrected chi connectivity index (χ3v) is 3.60. The summed E-state index contributed by atoms with van der Waals surface area (Å²) < 4.78 is 0. The van der Waals surface area contributed by atoms with Gasteiger partial charge in [0.25, 0.3) is 0 Å². The van der Waals surface area contributed by atoms with E-state index in [2.05, 4.69) is 49.2 Å². The van der Waals surface area contributed by atoms with Gasteiger partial charge in [-0.25, -0.2) is 0 Å². The number of hydrogen-bond donors (Lipinski definition) is 0. The summed E-state index contributed by atoms with van der Waals surface area (Å²) in [6.45, 7) is 4.52. The fourth-order valence-electron chi connectivity index (χ4n) is 2.51. The van der Waals surface area contributed by atoms with Crippen molar-refractivity contribution >= 4 is 6.08 Å². The minimum atomic E-state index is 0.619. The molecular weight excluding hydrogens is 218 g/mol. The predicted molar refractivity (Wildman–Crippen MR) is 76.2 cm³/mol. The van der Waals surface area contributed by atoms with E-state index >= 15 is 0 Å². The van der Waals surface area contributed by atoms with Gasteiger partial charge in [0.2, 0.25) is 0 Å². The van der Waals surface area contributed by atoms with Gasteiger partial charge in [-0.05, 0) is 35.6 Å². The standard InChI is InChI=1S/C17H17N/c1-12(2)14-10-13-6-5-7-15(16(13)11-14)17-8-3-4-9-18-17/h3-9,11-12H,10H2,1-2H3. The van der Waals surface area contributed by atoms with Crippen molar-refractivity contribution in [3.8, 4) is 11.3 Å². The lowest BCUT2D eigenvalue weighted by Gasteiger charge is -2.06. The van der Waals surface area contributed by atoms with Crippen LogP contribution in [0.2, 0.25) is 0 Å². The number of hydrogen-bond acceptors (Lipinski definition) is 1. The lowest BCUT2D eigenvalue weighted by molar-refractivity contribution is 0.754. The molecule has 0 atom stereocenters. The van der Waals surface area contributed by atoms with Gasteiger partial charge in [0.15, 0.2) is 0 Å². The summed E-state index contributed by atoms with van der Waals surface area (Å²) >= 11 is 0. The first-order valence-electron chi connectivity index (χ1n) is 6.49. The van der Waals surface area contributed by atoms with Gasteiger partial charge in [0.05, 0.1) is 5.69 Å². The molecule has 0 N–H and O–H groups in total. The molecule has 3 rings (SSSR count). The largest absolute Gasteiger partial charge is 0.256 e. The van der Waals surface area contributed by atoms with Gasteiger partial charge in [0.1, 0.15) is 0 Å². The zero-order valence-electron chi connectivity index (χ0n) is 10.9. The molecule has 2 aromatic rings. The van der Waals surface area contributed by atoms with Crippen molar-refractivity contribution in [3.05, 3.63) is 59.3 Å². The van der Waals surface area contributed by atoms with Crippen LogP contribution in [0.5, 0.6) is 0 Å². The summed E-state index contributed by atoms with van der Waals surface area (Å²) in [6.07, 6.45) is 5.30. The number of rotatable bonds is 2. The van der Waals surface area contributed by atoms with E-state index in [1.807, 2.05) is 18.3 Å². The average molecular weight is 235 g/mol. The Morgan fingerprint density at radius 2 is 1.94 bits per heavy atom. The molecule has 0 saturated heterocycles. The molecule has 0 fully saturated rings. The highest BCUT2D eigenvalue weighted by molar-refractivity contribution is 5.79. The number of benzene rings is 1.